The van der Waals surface area contributed by atoms with Crippen molar-refractivity contribution in [3.63, 3.8) is 0 Å². The van der Waals surface area contributed by atoms with Crippen molar-refractivity contribution < 1.29 is 23.9 Å². The Kier molecular flexibility index (Phi) is 6.14. The molecule has 0 aliphatic heterocycles. The van der Waals surface area contributed by atoms with Gasteiger partial charge in [-0.3, -0.25) is 9.48 Å². The molecule has 0 fully saturated rings. The maximum absolute atomic E-state index is 12.6. The quantitative estimate of drug-likeness (QED) is 0.775. The van der Waals surface area contributed by atoms with E-state index in [9.17, 15) is 14.4 Å². The van der Waals surface area contributed by atoms with Gasteiger partial charge in [-0.25, -0.2) is 9.59 Å². The maximum Gasteiger partial charge on any atom is 0.348 e. The number of aromatic nitrogens is 2. The van der Waals surface area contributed by atoms with Crippen molar-refractivity contribution in [1.29, 1.82) is 0 Å². The lowest BCUT2D eigenvalue weighted by Gasteiger charge is -2.07. The number of rotatable bonds is 6. The fourth-order valence-electron chi connectivity index (χ4n) is 2.39. The molecule has 2 heterocycles. The number of thiophene rings is 1. The van der Waals surface area contributed by atoms with Crippen molar-refractivity contribution in [3.05, 3.63) is 33.5 Å². The molecular weight excluding hydrogens is 358 g/mol. The van der Waals surface area contributed by atoms with Crippen molar-refractivity contribution in [2.45, 2.75) is 27.2 Å². The van der Waals surface area contributed by atoms with Crippen LogP contribution < -0.4 is 5.32 Å². The van der Waals surface area contributed by atoms with Gasteiger partial charge in [-0.1, -0.05) is 6.92 Å². The first-order valence-corrected chi connectivity index (χ1v) is 8.82. The van der Waals surface area contributed by atoms with Crippen molar-refractivity contribution in [2.24, 2.45) is 7.05 Å². The molecule has 0 bridgehead atoms. The van der Waals surface area contributed by atoms with Crippen LogP contribution in [-0.4, -0.2) is 41.3 Å². The number of carbonyl (C=O) groups is 3. The molecule has 26 heavy (non-hydrogen) atoms. The minimum absolute atomic E-state index is 0.166. The van der Waals surface area contributed by atoms with Crippen molar-refractivity contribution in [3.8, 4) is 0 Å². The number of ether oxygens (including phenoxy) is 2. The summed E-state index contributed by atoms with van der Waals surface area (Å²) in [6.07, 6.45) is 2.25. The van der Waals surface area contributed by atoms with E-state index in [2.05, 4.69) is 10.4 Å². The number of carbonyl (C=O) groups excluding carboxylic acids is 3. The molecule has 1 N–H and O–H groups in total. The van der Waals surface area contributed by atoms with Gasteiger partial charge < -0.3 is 14.8 Å². The molecule has 0 radical (unpaired) electrons. The van der Waals surface area contributed by atoms with E-state index in [4.69, 9.17) is 9.47 Å². The third-order valence-corrected chi connectivity index (χ3v) is 4.83. The zero-order chi connectivity index (χ0) is 19.4. The summed E-state index contributed by atoms with van der Waals surface area (Å²) in [6, 6.07) is 0. The van der Waals surface area contributed by atoms with Crippen LogP contribution in [0, 0.1) is 13.8 Å². The fourth-order valence-corrected chi connectivity index (χ4v) is 3.50. The Morgan fingerprint density at radius 2 is 1.96 bits per heavy atom. The highest BCUT2D eigenvalue weighted by Crippen LogP contribution is 2.34. The number of hydrogen-bond donors (Lipinski definition) is 1. The molecule has 0 aromatic carbocycles. The topological polar surface area (TPSA) is 99.5 Å². The molecule has 0 saturated heterocycles. The molecule has 2 aromatic rings. The number of methoxy groups -OCH3 is 1. The van der Waals surface area contributed by atoms with Crippen LogP contribution in [0.5, 0.6) is 0 Å². The molecular formula is C17H21N3O5S. The van der Waals surface area contributed by atoms with Gasteiger partial charge in [0.25, 0.3) is 5.91 Å². The highest BCUT2D eigenvalue weighted by Gasteiger charge is 2.27. The Balaban J connectivity index is 2.42. The summed E-state index contributed by atoms with van der Waals surface area (Å²) >= 11 is 0.982. The average molecular weight is 379 g/mol. The van der Waals surface area contributed by atoms with Gasteiger partial charge in [0.1, 0.15) is 9.88 Å². The third-order valence-electron chi connectivity index (χ3n) is 3.64. The van der Waals surface area contributed by atoms with E-state index in [1.807, 2.05) is 6.92 Å². The molecule has 0 atom stereocenters. The standard InChI is InChI=1S/C17H21N3O5S/c1-6-7-25-16(22)12-9(2)13(17(23)24-5)26-15(12)18-14(21)11-8-20(4)19-10(11)3/h8H,6-7H2,1-5H3,(H,18,21). The number of anilines is 1. The number of aryl methyl sites for hydroxylation is 2. The number of esters is 2. The van der Waals surface area contributed by atoms with Gasteiger partial charge in [0.15, 0.2) is 0 Å². The summed E-state index contributed by atoms with van der Waals surface area (Å²) < 4.78 is 11.5. The van der Waals surface area contributed by atoms with Gasteiger partial charge in [-0.15, -0.1) is 11.3 Å². The van der Waals surface area contributed by atoms with E-state index >= 15 is 0 Å². The lowest BCUT2D eigenvalue weighted by atomic mass is 10.1. The van der Waals surface area contributed by atoms with Crippen molar-refractivity contribution in [2.75, 3.05) is 19.0 Å². The normalized spacial score (nSPS) is 10.5. The highest BCUT2D eigenvalue weighted by atomic mass is 32.1. The third kappa shape index (κ3) is 3.93. The van der Waals surface area contributed by atoms with E-state index in [1.54, 1.807) is 27.1 Å². The average Bonchev–Trinajstić information content (AvgIpc) is 3.10. The lowest BCUT2D eigenvalue weighted by Crippen LogP contribution is -2.15. The van der Waals surface area contributed by atoms with Gasteiger partial charge in [0.05, 0.1) is 30.5 Å². The number of amides is 1. The smallest absolute Gasteiger partial charge is 0.348 e. The van der Waals surface area contributed by atoms with E-state index in [0.29, 0.717) is 23.2 Å². The van der Waals surface area contributed by atoms with Crippen LogP contribution in [0.15, 0.2) is 6.20 Å². The Labute approximate surface area is 155 Å². The number of hydrogen-bond acceptors (Lipinski definition) is 7. The van der Waals surface area contributed by atoms with E-state index in [0.717, 1.165) is 11.3 Å². The van der Waals surface area contributed by atoms with Crippen LogP contribution in [0.25, 0.3) is 0 Å². The summed E-state index contributed by atoms with van der Waals surface area (Å²) in [5.41, 5.74) is 1.52. The van der Waals surface area contributed by atoms with Crippen molar-refractivity contribution in [1.82, 2.24) is 9.78 Å². The van der Waals surface area contributed by atoms with Gasteiger partial charge in [0, 0.05) is 13.2 Å². The Morgan fingerprint density at radius 3 is 2.50 bits per heavy atom. The Bertz CT molecular complexity index is 853. The van der Waals surface area contributed by atoms with Crippen LogP contribution >= 0.6 is 11.3 Å². The predicted molar refractivity (Wildman–Crippen MR) is 96.9 cm³/mol. The van der Waals surface area contributed by atoms with Crippen LogP contribution in [-0.2, 0) is 16.5 Å². The van der Waals surface area contributed by atoms with Gasteiger partial charge in [-0.2, -0.15) is 5.10 Å². The van der Waals surface area contributed by atoms with E-state index < -0.39 is 17.8 Å². The molecule has 0 spiro atoms. The molecule has 9 heteroatoms. The molecule has 1 amide bonds. The van der Waals surface area contributed by atoms with Gasteiger partial charge >= 0.3 is 11.9 Å². The van der Waals surface area contributed by atoms with Gasteiger partial charge in [0.2, 0.25) is 0 Å². The second-order valence-corrected chi connectivity index (χ2v) is 6.66. The molecule has 0 aliphatic carbocycles. The first kappa shape index (κ1) is 19.6. The second kappa shape index (κ2) is 8.13. The Hall–Kier alpha value is -2.68. The zero-order valence-electron chi connectivity index (χ0n) is 15.3. The summed E-state index contributed by atoms with van der Waals surface area (Å²) in [6.45, 7) is 5.46. The number of nitrogens with zero attached hydrogens (tertiary/aromatic N) is 2. The summed E-state index contributed by atoms with van der Waals surface area (Å²) in [7, 11) is 2.97. The first-order valence-electron chi connectivity index (χ1n) is 8.00. The van der Waals surface area contributed by atoms with Crippen LogP contribution in [0.2, 0.25) is 0 Å². The monoisotopic (exact) mass is 379 g/mol. The maximum atomic E-state index is 12.6. The highest BCUT2D eigenvalue weighted by molar-refractivity contribution is 7.18. The van der Waals surface area contributed by atoms with Crippen LogP contribution in [0.3, 0.4) is 0 Å². The first-order chi connectivity index (χ1) is 12.3. The molecule has 140 valence electrons. The molecule has 8 nitrogen and oxygen atoms in total. The molecule has 2 rings (SSSR count). The summed E-state index contributed by atoms with van der Waals surface area (Å²) in [5, 5.41) is 7.07. The fraction of sp³-hybridized carbons (Fsp3) is 0.412. The van der Waals surface area contributed by atoms with E-state index in [1.165, 1.54) is 11.8 Å². The van der Waals surface area contributed by atoms with Crippen molar-refractivity contribution >= 4 is 34.2 Å². The molecule has 0 aliphatic rings. The summed E-state index contributed by atoms with van der Waals surface area (Å²) in [4.78, 5) is 37.2. The lowest BCUT2D eigenvalue weighted by molar-refractivity contribution is 0.0506. The van der Waals surface area contributed by atoms with Gasteiger partial charge in [-0.05, 0) is 25.8 Å². The summed E-state index contributed by atoms with van der Waals surface area (Å²) in [5.74, 6) is -1.58. The zero-order valence-corrected chi connectivity index (χ0v) is 16.2. The second-order valence-electron chi connectivity index (χ2n) is 5.64. The molecule has 2 aromatic heterocycles. The largest absolute Gasteiger partial charge is 0.465 e. The van der Waals surface area contributed by atoms with E-state index in [-0.39, 0.29) is 22.0 Å². The minimum Gasteiger partial charge on any atom is -0.465 e. The predicted octanol–water partition coefficient (Wildman–Crippen LogP) is 2.70. The number of nitrogens with one attached hydrogen (secondary N) is 1. The SMILES string of the molecule is CCCOC(=O)c1c(NC(=O)c2cn(C)nc2C)sc(C(=O)OC)c1C. The minimum atomic E-state index is -0.589. The molecule has 0 unspecified atom stereocenters. The van der Waals surface area contributed by atoms with Crippen LogP contribution in [0.4, 0.5) is 5.00 Å². The molecule has 0 saturated carbocycles. The Morgan fingerprint density at radius 1 is 1.27 bits per heavy atom. The van der Waals surface area contributed by atoms with Crippen LogP contribution in [0.1, 0.15) is 55.0 Å².